The van der Waals surface area contributed by atoms with Gasteiger partial charge in [0.05, 0.1) is 18.1 Å². The molecule has 2 aromatic heterocycles. The molecule has 78 valence electrons. The van der Waals surface area contributed by atoms with Crippen molar-refractivity contribution in [3.63, 3.8) is 0 Å². The molecular formula is C10H11FN4. The molecule has 0 aliphatic rings. The highest BCUT2D eigenvalue weighted by molar-refractivity contribution is 5.26. The van der Waals surface area contributed by atoms with Gasteiger partial charge in [-0.3, -0.25) is 4.57 Å². The molecule has 15 heavy (non-hydrogen) atoms. The minimum Gasteiger partial charge on any atom is -0.323 e. The zero-order valence-corrected chi connectivity index (χ0v) is 8.26. The minimum absolute atomic E-state index is 0.139. The van der Waals surface area contributed by atoms with Gasteiger partial charge in [-0.05, 0) is 19.1 Å². The second kappa shape index (κ2) is 3.78. The van der Waals surface area contributed by atoms with Crippen LogP contribution in [0.2, 0.25) is 0 Å². The van der Waals surface area contributed by atoms with Gasteiger partial charge in [0.25, 0.3) is 0 Å². The highest BCUT2D eigenvalue weighted by Gasteiger charge is 2.08. The second-order valence-electron chi connectivity index (χ2n) is 3.31. The summed E-state index contributed by atoms with van der Waals surface area (Å²) in [6, 6.07) is 2.80. The van der Waals surface area contributed by atoms with Crippen LogP contribution in [0.5, 0.6) is 0 Å². The first-order chi connectivity index (χ1) is 7.18. The van der Waals surface area contributed by atoms with Crippen molar-refractivity contribution in [2.24, 2.45) is 5.73 Å². The van der Waals surface area contributed by atoms with Crippen molar-refractivity contribution >= 4 is 0 Å². The average Bonchev–Trinajstić information content (AvgIpc) is 2.67. The van der Waals surface area contributed by atoms with Crippen LogP contribution in [0.25, 0.3) is 5.82 Å². The third-order valence-electron chi connectivity index (χ3n) is 2.09. The summed E-state index contributed by atoms with van der Waals surface area (Å²) in [5, 5.41) is 0. The molecule has 4 nitrogen and oxygen atoms in total. The number of hydrogen-bond donors (Lipinski definition) is 1. The SMILES string of the molecule is C[C@H](N)c1cncn1-c1ccc(F)cn1. The Hall–Kier alpha value is -1.75. The molecule has 0 saturated heterocycles. The zero-order chi connectivity index (χ0) is 10.8. The standard InChI is InChI=1S/C10H11FN4/c1-7(12)9-5-13-6-15(9)10-3-2-8(11)4-14-10/h2-7H,12H2,1H3/t7-/m0/s1. The Balaban J connectivity index is 2.45. The molecule has 2 N–H and O–H groups in total. The van der Waals surface area contributed by atoms with E-state index in [4.69, 9.17) is 5.73 Å². The van der Waals surface area contributed by atoms with Gasteiger partial charge in [-0.25, -0.2) is 14.4 Å². The third-order valence-corrected chi connectivity index (χ3v) is 2.09. The Morgan fingerprint density at radius 2 is 2.20 bits per heavy atom. The topological polar surface area (TPSA) is 56.7 Å². The van der Waals surface area contributed by atoms with Crippen molar-refractivity contribution < 1.29 is 4.39 Å². The zero-order valence-electron chi connectivity index (χ0n) is 8.26. The van der Waals surface area contributed by atoms with Gasteiger partial charge >= 0.3 is 0 Å². The first-order valence-electron chi connectivity index (χ1n) is 4.58. The third kappa shape index (κ3) is 1.87. The summed E-state index contributed by atoms with van der Waals surface area (Å²) < 4.78 is 14.4. The van der Waals surface area contributed by atoms with E-state index in [1.165, 1.54) is 12.3 Å². The number of aromatic nitrogens is 3. The van der Waals surface area contributed by atoms with Gasteiger partial charge in [-0.1, -0.05) is 0 Å². The van der Waals surface area contributed by atoms with Crippen molar-refractivity contribution in [2.45, 2.75) is 13.0 Å². The van der Waals surface area contributed by atoms with Crippen LogP contribution in [0.4, 0.5) is 4.39 Å². The summed E-state index contributed by atoms with van der Waals surface area (Å²) in [4.78, 5) is 7.95. The largest absolute Gasteiger partial charge is 0.323 e. The monoisotopic (exact) mass is 206 g/mol. The molecule has 0 aliphatic carbocycles. The maximum Gasteiger partial charge on any atom is 0.141 e. The van der Waals surface area contributed by atoms with E-state index in [2.05, 4.69) is 9.97 Å². The Labute approximate surface area is 86.6 Å². The number of rotatable bonds is 2. The summed E-state index contributed by atoms with van der Waals surface area (Å²) >= 11 is 0. The maximum atomic E-state index is 12.7. The van der Waals surface area contributed by atoms with Crippen molar-refractivity contribution in [3.05, 3.63) is 42.4 Å². The van der Waals surface area contributed by atoms with Crippen LogP contribution in [0, 0.1) is 5.82 Å². The molecule has 0 unspecified atom stereocenters. The molecule has 0 aliphatic heterocycles. The summed E-state index contributed by atoms with van der Waals surface area (Å²) in [5.74, 6) is 0.252. The Bertz CT molecular complexity index is 447. The highest BCUT2D eigenvalue weighted by Crippen LogP contribution is 2.13. The molecule has 0 aromatic carbocycles. The highest BCUT2D eigenvalue weighted by atomic mass is 19.1. The van der Waals surface area contributed by atoms with Gasteiger partial charge in [0.1, 0.15) is 18.0 Å². The van der Waals surface area contributed by atoms with Gasteiger partial charge in [0.2, 0.25) is 0 Å². The van der Waals surface area contributed by atoms with Crippen molar-refractivity contribution in [1.29, 1.82) is 0 Å². The van der Waals surface area contributed by atoms with E-state index >= 15 is 0 Å². The van der Waals surface area contributed by atoms with Crippen LogP contribution in [0.3, 0.4) is 0 Å². The fraction of sp³-hybridized carbons (Fsp3) is 0.200. The van der Waals surface area contributed by atoms with E-state index in [1.54, 1.807) is 23.2 Å². The lowest BCUT2D eigenvalue weighted by atomic mass is 10.2. The molecule has 0 spiro atoms. The van der Waals surface area contributed by atoms with Crippen LogP contribution in [0.15, 0.2) is 30.9 Å². The Morgan fingerprint density at radius 3 is 2.80 bits per heavy atom. The van der Waals surface area contributed by atoms with Crippen LogP contribution in [0.1, 0.15) is 18.7 Å². The molecule has 2 heterocycles. The van der Waals surface area contributed by atoms with Gasteiger partial charge < -0.3 is 5.73 Å². The summed E-state index contributed by atoms with van der Waals surface area (Å²) in [6.45, 7) is 1.86. The molecule has 2 rings (SSSR count). The van der Waals surface area contributed by atoms with Crippen molar-refractivity contribution in [3.8, 4) is 5.82 Å². The number of nitrogens with zero attached hydrogens (tertiary/aromatic N) is 3. The fourth-order valence-electron chi connectivity index (χ4n) is 1.34. The molecule has 0 amide bonds. The smallest absolute Gasteiger partial charge is 0.141 e. The first kappa shape index (κ1) is 9.79. The maximum absolute atomic E-state index is 12.7. The molecule has 0 fully saturated rings. The fourth-order valence-corrected chi connectivity index (χ4v) is 1.34. The predicted molar refractivity (Wildman–Crippen MR) is 53.9 cm³/mol. The molecule has 0 bridgehead atoms. The summed E-state index contributed by atoms with van der Waals surface area (Å²) in [7, 11) is 0. The van der Waals surface area contributed by atoms with Crippen LogP contribution < -0.4 is 5.73 Å². The number of hydrogen-bond acceptors (Lipinski definition) is 3. The Morgan fingerprint density at radius 1 is 1.40 bits per heavy atom. The summed E-state index contributed by atoms with van der Waals surface area (Å²) in [6.07, 6.45) is 4.45. The normalized spacial score (nSPS) is 12.7. The number of imidazole rings is 1. The van der Waals surface area contributed by atoms with E-state index < -0.39 is 0 Å². The average molecular weight is 206 g/mol. The van der Waals surface area contributed by atoms with Gasteiger partial charge in [0, 0.05) is 6.04 Å². The molecule has 2 aromatic rings. The van der Waals surface area contributed by atoms with Gasteiger partial charge in [0.15, 0.2) is 0 Å². The quantitative estimate of drug-likeness (QED) is 0.808. The van der Waals surface area contributed by atoms with Crippen molar-refractivity contribution in [1.82, 2.24) is 14.5 Å². The molecular weight excluding hydrogens is 195 g/mol. The van der Waals surface area contributed by atoms with E-state index in [-0.39, 0.29) is 11.9 Å². The van der Waals surface area contributed by atoms with E-state index in [0.717, 1.165) is 5.69 Å². The molecule has 5 heteroatoms. The van der Waals surface area contributed by atoms with Crippen LogP contribution in [-0.4, -0.2) is 14.5 Å². The van der Waals surface area contributed by atoms with E-state index in [9.17, 15) is 4.39 Å². The lowest BCUT2D eigenvalue weighted by Gasteiger charge is -2.09. The number of halogens is 1. The summed E-state index contributed by atoms with van der Waals surface area (Å²) in [5.41, 5.74) is 6.61. The molecule has 0 radical (unpaired) electrons. The van der Waals surface area contributed by atoms with Gasteiger partial charge in [-0.15, -0.1) is 0 Å². The van der Waals surface area contributed by atoms with Crippen molar-refractivity contribution in [2.75, 3.05) is 0 Å². The van der Waals surface area contributed by atoms with E-state index in [1.807, 2.05) is 6.92 Å². The van der Waals surface area contributed by atoms with Crippen LogP contribution in [-0.2, 0) is 0 Å². The predicted octanol–water partition coefficient (Wildman–Crippen LogP) is 1.43. The molecule has 0 saturated carbocycles. The Kier molecular flexibility index (Phi) is 2.47. The lowest BCUT2D eigenvalue weighted by molar-refractivity contribution is 0.619. The van der Waals surface area contributed by atoms with Crippen LogP contribution >= 0.6 is 0 Å². The molecule has 1 atom stereocenters. The van der Waals surface area contributed by atoms with E-state index in [0.29, 0.717) is 5.82 Å². The van der Waals surface area contributed by atoms with Gasteiger partial charge in [-0.2, -0.15) is 0 Å². The number of nitrogens with two attached hydrogens (primary N) is 1. The number of pyridine rings is 1. The second-order valence-corrected chi connectivity index (χ2v) is 3.31. The lowest BCUT2D eigenvalue weighted by Crippen LogP contribution is -2.11. The first-order valence-corrected chi connectivity index (χ1v) is 4.58. The minimum atomic E-state index is -0.360.